The summed E-state index contributed by atoms with van der Waals surface area (Å²) in [5.41, 5.74) is 2.57. The molecule has 126 valence electrons. The summed E-state index contributed by atoms with van der Waals surface area (Å²) in [6, 6.07) is 14.8. The molecule has 0 aliphatic carbocycles. The highest BCUT2D eigenvalue weighted by atomic mass is 19.1. The van der Waals surface area contributed by atoms with Crippen molar-refractivity contribution in [2.45, 2.75) is 32.4 Å². The average molecular weight is 334 g/mol. The van der Waals surface area contributed by atoms with Crippen molar-refractivity contribution in [2.75, 3.05) is 0 Å². The van der Waals surface area contributed by atoms with Gasteiger partial charge in [-0.15, -0.1) is 0 Å². The topological polar surface area (TPSA) is 34.5 Å². The molecular weight excluding hydrogens is 315 g/mol. The Morgan fingerprint density at radius 2 is 1.88 bits per heavy atom. The molecule has 4 rings (SSSR count). The summed E-state index contributed by atoms with van der Waals surface area (Å²) in [4.78, 5) is 9.25. The number of pyridine rings is 1. The molecule has 4 heteroatoms. The molecule has 0 amide bonds. The van der Waals surface area contributed by atoms with Gasteiger partial charge < -0.3 is 4.74 Å². The van der Waals surface area contributed by atoms with Crippen LogP contribution in [0.25, 0.3) is 10.9 Å². The molecule has 1 aliphatic rings. The smallest absolute Gasteiger partial charge is 0.149 e. The van der Waals surface area contributed by atoms with Crippen LogP contribution in [-0.4, -0.2) is 22.3 Å². The normalized spacial score (nSPS) is 18.9. The molecule has 2 heterocycles. The summed E-state index contributed by atoms with van der Waals surface area (Å²) < 4.78 is 20.1. The van der Waals surface area contributed by atoms with E-state index in [4.69, 9.17) is 9.73 Å². The van der Waals surface area contributed by atoms with Gasteiger partial charge in [-0.2, -0.15) is 0 Å². The zero-order valence-electron chi connectivity index (χ0n) is 14.5. The molecule has 0 unspecified atom stereocenters. The molecule has 3 aromatic rings. The van der Waals surface area contributed by atoms with E-state index < -0.39 is 5.60 Å². The van der Waals surface area contributed by atoms with Crippen molar-refractivity contribution in [1.82, 2.24) is 4.98 Å². The Morgan fingerprint density at radius 1 is 1.08 bits per heavy atom. The van der Waals surface area contributed by atoms with Crippen molar-refractivity contribution in [2.24, 2.45) is 4.99 Å². The van der Waals surface area contributed by atoms with Crippen LogP contribution in [0, 0.1) is 5.82 Å². The van der Waals surface area contributed by atoms with Crippen LogP contribution in [0.3, 0.4) is 0 Å². The minimum Gasteiger partial charge on any atom is -0.485 e. The predicted octanol–water partition coefficient (Wildman–Crippen LogP) is 4.77. The fraction of sp³-hybridized carbons (Fsp3) is 0.238. The number of rotatable bonds is 1. The summed E-state index contributed by atoms with van der Waals surface area (Å²) >= 11 is 0. The molecule has 0 saturated heterocycles. The second kappa shape index (κ2) is 5.66. The number of ether oxygens (including phenoxy) is 1. The van der Waals surface area contributed by atoms with Gasteiger partial charge in [0.1, 0.15) is 22.7 Å². The monoisotopic (exact) mass is 334 g/mol. The Kier molecular flexibility index (Phi) is 3.57. The van der Waals surface area contributed by atoms with Gasteiger partial charge in [0.2, 0.25) is 0 Å². The minimum absolute atomic E-state index is 0.0434. The maximum Gasteiger partial charge on any atom is 0.149 e. The van der Waals surface area contributed by atoms with Gasteiger partial charge in [0.25, 0.3) is 0 Å². The van der Waals surface area contributed by atoms with Gasteiger partial charge in [0.05, 0.1) is 11.8 Å². The summed E-state index contributed by atoms with van der Waals surface area (Å²) in [5.74, 6) is 0.486. The Balaban J connectivity index is 1.94. The van der Waals surface area contributed by atoms with Crippen LogP contribution >= 0.6 is 0 Å². The SMILES string of the molecule is C[C@H]1N=C(c2cnc3c(F)cccc3c2)c2ccccc2OC1(C)C. The van der Waals surface area contributed by atoms with E-state index in [0.717, 1.165) is 28.0 Å². The van der Waals surface area contributed by atoms with Gasteiger partial charge in [0.15, 0.2) is 0 Å². The predicted molar refractivity (Wildman–Crippen MR) is 98.0 cm³/mol. The Bertz CT molecular complexity index is 994. The highest BCUT2D eigenvalue weighted by Gasteiger charge is 2.32. The van der Waals surface area contributed by atoms with Crippen molar-refractivity contribution >= 4 is 16.6 Å². The molecule has 0 fully saturated rings. The van der Waals surface area contributed by atoms with Gasteiger partial charge in [-0.25, -0.2) is 4.39 Å². The quantitative estimate of drug-likeness (QED) is 0.642. The number of nitrogens with zero attached hydrogens (tertiary/aromatic N) is 2. The molecule has 3 nitrogen and oxygen atoms in total. The lowest BCUT2D eigenvalue weighted by atomic mass is 10.00. The lowest BCUT2D eigenvalue weighted by Gasteiger charge is -2.28. The number of para-hydroxylation sites is 2. The maximum absolute atomic E-state index is 13.9. The van der Waals surface area contributed by atoms with E-state index in [1.54, 1.807) is 12.3 Å². The van der Waals surface area contributed by atoms with E-state index in [2.05, 4.69) is 4.98 Å². The first-order chi connectivity index (χ1) is 12.0. The number of halogens is 1. The molecular formula is C21H19FN2O. The Morgan fingerprint density at radius 3 is 2.72 bits per heavy atom. The van der Waals surface area contributed by atoms with Crippen LogP contribution in [0.1, 0.15) is 31.9 Å². The van der Waals surface area contributed by atoms with E-state index in [0.29, 0.717) is 5.52 Å². The third kappa shape index (κ3) is 2.68. The number of hydrogen-bond donors (Lipinski definition) is 0. The number of aromatic nitrogens is 1. The number of hydrogen-bond acceptors (Lipinski definition) is 3. The molecule has 0 saturated carbocycles. The first kappa shape index (κ1) is 15.8. The first-order valence-corrected chi connectivity index (χ1v) is 8.36. The van der Waals surface area contributed by atoms with Gasteiger partial charge >= 0.3 is 0 Å². The van der Waals surface area contributed by atoms with E-state index in [1.807, 2.05) is 57.2 Å². The van der Waals surface area contributed by atoms with Crippen LogP contribution < -0.4 is 4.74 Å². The molecule has 1 aromatic heterocycles. The molecule has 0 spiro atoms. The first-order valence-electron chi connectivity index (χ1n) is 8.36. The van der Waals surface area contributed by atoms with Crippen molar-refractivity contribution in [3.8, 4) is 5.75 Å². The lowest BCUT2D eigenvalue weighted by Crippen LogP contribution is -2.38. The zero-order chi connectivity index (χ0) is 17.6. The van der Waals surface area contributed by atoms with Crippen LogP contribution in [0.5, 0.6) is 5.75 Å². The van der Waals surface area contributed by atoms with Crippen molar-refractivity contribution in [3.05, 3.63) is 71.7 Å². The van der Waals surface area contributed by atoms with E-state index in [-0.39, 0.29) is 11.9 Å². The van der Waals surface area contributed by atoms with Gasteiger partial charge in [-0.1, -0.05) is 24.3 Å². The van der Waals surface area contributed by atoms with E-state index in [9.17, 15) is 4.39 Å². The maximum atomic E-state index is 13.9. The highest BCUT2D eigenvalue weighted by Crippen LogP contribution is 2.33. The molecule has 0 N–H and O–H groups in total. The van der Waals surface area contributed by atoms with Crippen molar-refractivity contribution in [3.63, 3.8) is 0 Å². The summed E-state index contributed by atoms with van der Waals surface area (Å²) in [6.45, 7) is 6.11. The van der Waals surface area contributed by atoms with E-state index >= 15 is 0 Å². The third-order valence-corrected chi connectivity index (χ3v) is 4.78. The molecule has 1 atom stereocenters. The minimum atomic E-state index is -0.422. The largest absolute Gasteiger partial charge is 0.485 e. The number of aliphatic imine (C=N–C) groups is 1. The second-order valence-corrected chi connectivity index (χ2v) is 6.89. The van der Waals surface area contributed by atoms with Gasteiger partial charge in [0, 0.05) is 22.7 Å². The van der Waals surface area contributed by atoms with Crippen LogP contribution in [-0.2, 0) is 0 Å². The van der Waals surface area contributed by atoms with Gasteiger partial charge in [-0.3, -0.25) is 9.98 Å². The molecule has 2 aromatic carbocycles. The Hall–Kier alpha value is -2.75. The summed E-state index contributed by atoms with van der Waals surface area (Å²) in [7, 11) is 0. The summed E-state index contributed by atoms with van der Waals surface area (Å²) in [6.07, 6.45) is 1.69. The summed E-state index contributed by atoms with van der Waals surface area (Å²) in [5, 5.41) is 0.759. The molecule has 0 bridgehead atoms. The lowest BCUT2D eigenvalue weighted by molar-refractivity contribution is 0.0891. The van der Waals surface area contributed by atoms with Gasteiger partial charge in [-0.05, 0) is 45.0 Å². The Labute approximate surface area is 146 Å². The van der Waals surface area contributed by atoms with Crippen molar-refractivity contribution in [1.29, 1.82) is 0 Å². The molecule has 1 aliphatic heterocycles. The van der Waals surface area contributed by atoms with Crippen molar-refractivity contribution < 1.29 is 9.13 Å². The fourth-order valence-corrected chi connectivity index (χ4v) is 3.02. The van der Waals surface area contributed by atoms with E-state index in [1.165, 1.54) is 6.07 Å². The fourth-order valence-electron chi connectivity index (χ4n) is 3.02. The number of benzene rings is 2. The molecule has 25 heavy (non-hydrogen) atoms. The van der Waals surface area contributed by atoms with Crippen LogP contribution in [0.2, 0.25) is 0 Å². The highest BCUT2D eigenvalue weighted by molar-refractivity contribution is 6.15. The standard InChI is InChI=1S/C21H19FN2O/c1-13-21(2,3)25-18-10-5-4-8-16(18)19(24-13)15-11-14-7-6-9-17(22)20(14)23-12-15/h4-13H,1-3H3/t13-/m1/s1. The number of fused-ring (bicyclic) bond motifs is 2. The van der Waals surface area contributed by atoms with Crippen LogP contribution in [0.15, 0.2) is 59.7 Å². The average Bonchev–Trinajstić information content (AvgIpc) is 2.69. The third-order valence-electron chi connectivity index (χ3n) is 4.78. The second-order valence-electron chi connectivity index (χ2n) is 6.89. The molecule has 0 radical (unpaired) electrons. The zero-order valence-corrected chi connectivity index (χ0v) is 14.5. The van der Waals surface area contributed by atoms with Crippen LogP contribution in [0.4, 0.5) is 4.39 Å².